The molecule has 5 nitrogen and oxygen atoms in total. The average Bonchev–Trinajstić information content (AvgIpc) is 2.45. The number of anilines is 1. The number of carbonyl (C=O) groups is 2. The van der Waals surface area contributed by atoms with Gasteiger partial charge in [-0.1, -0.05) is 18.2 Å². The first-order chi connectivity index (χ1) is 11.2. The number of carboxylic acid groups (broad SMARTS) is 1. The molecule has 2 aromatic carbocycles. The molecule has 2 rings (SSSR count). The highest BCUT2D eigenvalue weighted by Gasteiger charge is 2.16. The molecular formula is C18H18FNO4. The van der Waals surface area contributed by atoms with Crippen LogP contribution < -0.4 is 5.32 Å². The maximum atomic E-state index is 13.7. The first-order valence-corrected chi connectivity index (χ1v) is 7.29. The lowest BCUT2D eigenvalue weighted by molar-refractivity contribution is 0.0633. The Kier molecular flexibility index (Phi) is 4.87. The van der Waals surface area contributed by atoms with Crippen molar-refractivity contribution in [3.8, 4) is 11.1 Å². The van der Waals surface area contributed by atoms with Crippen LogP contribution in [0.2, 0.25) is 0 Å². The summed E-state index contributed by atoms with van der Waals surface area (Å²) in [6, 6.07) is 10.6. The summed E-state index contributed by atoms with van der Waals surface area (Å²) in [7, 11) is 0. The van der Waals surface area contributed by atoms with E-state index in [2.05, 4.69) is 5.32 Å². The smallest absolute Gasteiger partial charge is 0.412 e. The van der Waals surface area contributed by atoms with E-state index in [0.717, 1.165) is 0 Å². The number of nitrogens with one attached hydrogen (secondary N) is 1. The van der Waals surface area contributed by atoms with Crippen molar-refractivity contribution in [2.45, 2.75) is 26.4 Å². The van der Waals surface area contributed by atoms with Crippen molar-refractivity contribution < 1.29 is 23.8 Å². The molecule has 1 amide bonds. The van der Waals surface area contributed by atoms with Crippen LogP contribution in [0.5, 0.6) is 0 Å². The van der Waals surface area contributed by atoms with Gasteiger partial charge in [0.15, 0.2) is 0 Å². The summed E-state index contributed by atoms with van der Waals surface area (Å²) >= 11 is 0. The predicted octanol–water partition coefficient (Wildman–Crippen LogP) is 4.54. The minimum atomic E-state index is -1.31. The second-order valence-corrected chi connectivity index (χ2v) is 6.20. The van der Waals surface area contributed by atoms with E-state index >= 15 is 0 Å². The van der Waals surface area contributed by atoms with Crippen LogP contribution in [0.1, 0.15) is 31.1 Å². The number of aromatic carboxylic acids is 1. The zero-order valence-corrected chi connectivity index (χ0v) is 13.6. The molecule has 126 valence electrons. The van der Waals surface area contributed by atoms with Crippen LogP contribution in [0.3, 0.4) is 0 Å². The van der Waals surface area contributed by atoms with Crippen LogP contribution in [0, 0.1) is 5.82 Å². The number of rotatable bonds is 3. The fourth-order valence-corrected chi connectivity index (χ4v) is 2.04. The zero-order valence-electron chi connectivity index (χ0n) is 13.6. The topological polar surface area (TPSA) is 75.6 Å². The number of ether oxygens (including phenoxy) is 1. The summed E-state index contributed by atoms with van der Waals surface area (Å²) in [6.45, 7) is 5.31. The fraction of sp³-hybridized carbons (Fsp3) is 0.222. The third-order valence-electron chi connectivity index (χ3n) is 3.06. The van der Waals surface area contributed by atoms with Crippen LogP contribution in [0.4, 0.5) is 14.9 Å². The van der Waals surface area contributed by atoms with Crippen LogP contribution in [-0.2, 0) is 4.74 Å². The van der Waals surface area contributed by atoms with E-state index in [9.17, 15) is 14.0 Å². The molecule has 2 aromatic rings. The van der Waals surface area contributed by atoms with Gasteiger partial charge < -0.3 is 9.84 Å². The minimum Gasteiger partial charge on any atom is -0.478 e. The summed E-state index contributed by atoms with van der Waals surface area (Å²) in [5.41, 5.74) is 0.812. The molecule has 6 heteroatoms. The van der Waals surface area contributed by atoms with Crippen molar-refractivity contribution >= 4 is 17.7 Å². The Balaban J connectivity index is 2.13. The van der Waals surface area contributed by atoms with E-state index in [1.807, 2.05) is 0 Å². The highest BCUT2D eigenvalue weighted by Crippen LogP contribution is 2.24. The van der Waals surface area contributed by atoms with Gasteiger partial charge in [-0.3, -0.25) is 5.32 Å². The molecule has 0 heterocycles. The van der Waals surface area contributed by atoms with Gasteiger partial charge in [0.25, 0.3) is 0 Å². The van der Waals surface area contributed by atoms with Gasteiger partial charge in [0, 0.05) is 5.69 Å². The Bertz CT molecular complexity index is 764. The molecular weight excluding hydrogens is 313 g/mol. The Labute approximate surface area is 139 Å². The number of halogens is 1. The zero-order chi connectivity index (χ0) is 17.9. The van der Waals surface area contributed by atoms with Gasteiger partial charge >= 0.3 is 12.1 Å². The lowest BCUT2D eigenvalue weighted by Gasteiger charge is -2.19. The van der Waals surface area contributed by atoms with Crippen LogP contribution in [0.25, 0.3) is 11.1 Å². The standard InChI is InChI=1S/C18H18FNO4/c1-18(2,3)24-17(23)20-13-7-4-11(5-8-13)12-6-9-14(16(21)22)15(19)10-12/h4-10H,1-3H3,(H,20,23)(H,21,22). The number of hydrogen-bond acceptors (Lipinski definition) is 3. The highest BCUT2D eigenvalue weighted by atomic mass is 19.1. The maximum Gasteiger partial charge on any atom is 0.412 e. The molecule has 0 spiro atoms. The molecule has 0 fully saturated rings. The number of carboxylic acids is 1. The SMILES string of the molecule is CC(C)(C)OC(=O)Nc1ccc(-c2ccc(C(=O)O)c(F)c2)cc1. The number of amides is 1. The van der Waals surface area contributed by atoms with Gasteiger partial charge in [0.1, 0.15) is 11.4 Å². The van der Waals surface area contributed by atoms with Gasteiger partial charge in [-0.05, 0) is 56.2 Å². The van der Waals surface area contributed by atoms with Gasteiger partial charge in [0.05, 0.1) is 5.56 Å². The van der Waals surface area contributed by atoms with Crippen molar-refractivity contribution in [3.05, 3.63) is 53.8 Å². The predicted molar refractivity (Wildman–Crippen MR) is 88.7 cm³/mol. The molecule has 0 saturated carbocycles. The van der Waals surface area contributed by atoms with E-state index in [0.29, 0.717) is 16.8 Å². The third-order valence-corrected chi connectivity index (χ3v) is 3.06. The monoisotopic (exact) mass is 331 g/mol. The third kappa shape index (κ3) is 4.55. The van der Waals surface area contributed by atoms with Crippen LogP contribution in [0.15, 0.2) is 42.5 Å². The molecule has 24 heavy (non-hydrogen) atoms. The largest absolute Gasteiger partial charge is 0.478 e. The molecule has 0 aromatic heterocycles. The van der Waals surface area contributed by atoms with Crippen molar-refractivity contribution in [2.75, 3.05) is 5.32 Å². The summed E-state index contributed by atoms with van der Waals surface area (Å²) < 4.78 is 18.9. The molecule has 0 radical (unpaired) electrons. The summed E-state index contributed by atoms with van der Waals surface area (Å²) in [5, 5.41) is 11.4. The summed E-state index contributed by atoms with van der Waals surface area (Å²) in [6.07, 6.45) is -0.563. The lowest BCUT2D eigenvalue weighted by Crippen LogP contribution is -2.27. The summed E-state index contributed by atoms with van der Waals surface area (Å²) in [5.74, 6) is -2.10. The van der Waals surface area contributed by atoms with Gasteiger partial charge in [0.2, 0.25) is 0 Å². The first-order valence-electron chi connectivity index (χ1n) is 7.29. The van der Waals surface area contributed by atoms with E-state index in [-0.39, 0.29) is 5.56 Å². The number of hydrogen-bond donors (Lipinski definition) is 2. The number of benzene rings is 2. The molecule has 2 N–H and O–H groups in total. The fourth-order valence-electron chi connectivity index (χ4n) is 2.04. The molecule has 0 unspecified atom stereocenters. The van der Waals surface area contributed by atoms with E-state index in [4.69, 9.17) is 9.84 Å². The first kappa shape index (κ1) is 17.5. The molecule has 0 atom stereocenters. The highest BCUT2D eigenvalue weighted by molar-refractivity contribution is 5.89. The maximum absolute atomic E-state index is 13.7. The van der Waals surface area contributed by atoms with Crippen molar-refractivity contribution in [1.29, 1.82) is 0 Å². The number of carbonyl (C=O) groups excluding carboxylic acids is 1. The van der Waals surface area contributed by atoms with Crippen molar-refractivity contribution in [1.82, 2.24) is 0 Å². The molecule has 0 aliphatic carbocycles. The van der Waals surface area contributed by atoms with Crippen LogP contribution in [-0.4, -0.2) is 22.8 Å². The minimum absolute atomic E-state index is 0.373. The Hall–Kier alpha value is -2.89. The second kappa shape index (κ2) is 6.70. The van der Waals surface area contributed by atoms with Crippen molar-refractivity contribution in [3.63, 3.8) is 0 Å². The average molecular weight is 331 g/mol. The molecule has 0 aliphatic rings. The Morgan fingerprint density at radius 1 is 1.04 bits per heavy atom. The van der Waals surface area contributed by atoms with E-state index < -0.39 is 23.5 Å². The normalized spacial score (nSPS) is 11.0. The molecule has 0 aliphatic heterocycles. The van der Waals surface area contributed by atoms with Crippen molar-refractivity contribution in [2.24, 2.45) is 0 Å². The van der Waals surface area contributed by atoms with Gasteiger partial charge in [-0.25, -0.2) is 14.0 Å². The Morgan fingerprint density at radius 3 is 2.12 bits per heavy atom. The van der Waals surface area contributed by atoms with E-state index in [1.54, 1.807) is 45.0 Å². The summed E-state index contributed by atoms with van der Waals surface area (Å²) in [4.78, 5) is 22.5. The van der Waals surface area contributed by atoms with Gasteiger partial charge in [-0.15, -0.1) is 0 Å². The van der Waals surface area contributed by atoms with Gasteiger partial charge in [-0.2, -0.15) is 0 Å². The molecule has 0 bridgehead atoms. The quantitative estimate of drug-likeness (QED) is 0.866. The van der Waals surface area contributed by atoms with Crippen LogP contribution >= 0.6 is 0 Å². The van der Waals surface area contributed by atoms with E-state index in [1.165, 1.54) is 18.2 Å². The lowest BCUT2D eigenvalue weighted by atomic mass is 10.0. The molecule has 0 saturated heterocycles. The second-order valence-electron chi connectivity index (χ2n) is 6.20. The Morgan fingerprint density at radius 2 is 1.62 bits per heavy atom.